The van der Waals surface area contributed by atoms with E-state index in [-0.39, 0.29) is 0 Å². The SMILES string of the molecule is CCC(C)SCCO. The summed E-state index contributed by atoms with van der Waals surface area (Å²) >= 11 is 1.83. The van der Waals surface area contributed by atoms with Crippen LogP contribution in [0.25, 0.3) is 0 Å². The molecule has 50 valence electrons. The molecule has 0 aromatic carbocycles. The summed E-state index contributed by atoms with van der Waals surface area (Å²) in [4.78, 5) is 0. The molecule has 8 heavy (non-hydrogen) atoms. The molecule has 0 aliphatic carbocycles. The molecule has 0 amide bonds. The third-order valence-electron chi connectivity index (χ3n) is 1.07. The van der Waals surface area contributed by atoms with Gasteiger partial charge in [0.2, 0.25) is 0 Å². The van der Waals surface area contributed by atoms with Gasteiger partial charge in [0.1, 0.15) is 0 Å². The molecule has 1 N–H and O–H groups in total. The highest BCUT2D eigenvalue weighted by Crippen LogP contribution is 2.11. The minimum absolute atomic E-state index is 0.314. The quantitative estimate of drug-likeness (QED) is 0.629. The molecule has 0 fully saturated rings. The fourth-order valence-corrected chi connectivity index (χ4v) is 1.12. The molecule has 1 atom stereocenters. The van der Waals surface area contributed by atoms with Crippen LogP contribution in [0.15, 0.2) is 0 Å². The van der Waals surface area contributed by atoms with E-state index in [1.54, 1.807) is 0 Å². The van der Waals surface area contributed by atoms with Gasteiger partial charge >= 0.3 is 0 Å². The number of hydrogen-bond donors (Lipinski definition) is 1. The van der Waals surface area contributed by atoms with E-state index in [4.69, 9.17) is 5.11 Å². The Bertz CT molecular complexity index is 47.8. The van der Waals surface area contributed by atoms with Crippen LogP contribution in [0.3, 0.4) is 0 Å². The molecular formula is C6H14OS. The Hall–Kier alpha value is 0.310. The summed E-state index contributed by atoms with van der Waals surface area (Å²) in [6.07, 6.45) is 1.20. The van der Waals surface area contributed by atoms with Crippen molar-refractivity contribution in [3.63, 3.8) is 0 Å². The van der Waals surface area contributed by atoms with Gasteiger partial charge in [0.15, 0.2) is 0 Å². The van der Waals surface area contributed by atoms with Crippen LogP contribution in [-0.2, 0) is 0 Å². The lowest BCUT2D eigenvalue weighted by molar-refractivity contribution is 0.322. The maximum atomic E-state index is 8.39. The van der Waals surface area contributed by atoms with Crippen molar-refractivity contribution >= 4 is 11.8 Å². The monoisotopic (exact) mass is 134 g/mol. The van der Waals surface area contributed by atoms with Crippen LogP contribution in [0.4, 0.5) is 0 Å². The van der Waals surface area contributed by atoms with Gasteiger partial charge in [-0.2, -0.15) is 11.8 Å². The van der Waals surface area contributed by atoms with Crippen molar-refractivity contribution in [2.75, 3.05) is 12.4 Å². The number of rotatable bonds is 4. The average molecular weight is 134 g/mol. The third kappa shape index (κ3) is 4.47. The van der Waals surface area contributed by atoms with Crippen molar-refractivity contribution in [1.29, 1.82) is 0 Å². The molecule has 0 spiro atoms. The first-order chi connectivity index (χ1) is 3.81. The maximum absolute atomic E-state index is 8.39. The van der Waals surface area contributed by atoms with E-state index in [1.165, 1.54) is 6.42 Å². The molecule has 0 bridgehead atoms. The van der Waals surface area contributed by atoms with Crippen molar-refractivity contribution in [3.8, 4) is 0 Å². The van der Waals surface area contributed by atoms with Gasteiger partial charge in [0.25, 0.3) is 0 Å². The highest BCUT2D eigenvalue weighted by atomic mass is 32.2. The lowest BCUT2D eigenvalue weighted by atomic mass is 10.4. The largest absolute Gasteiger partial charge is 0.396 e. The van der Waals surface area contributed by atoms with Gasteiger partial charge in [-0.3, -0.25) is 0 Å². The van der Waals surface area contributed by atoms with E-state index in [2.05, 4.69) is 13.8 Å². The number of aliphatic hydroxyl groups is 1. The first-order valence-corrected chi connectivity index (χ1v) is 4.08. The third-order valence-corrected chi connectivity index (χ3v) is 2.39. The minimum atomic E-state index is 0.314. The molecule has 0 aromatic rings. The Morgan fingerprint density at radius 2 is 2.25 bits per heavy atom. The Morgan fingerprint density at radius 3 is 2.62 bits per heavy atom. The van der Waals surface area contributed by atoms with E-state index >= 15 is 0 Å². The highest BCUT2D eigenvalue weighted by Gasteiger charge is 1.95. The van der Waals surface area contributed by atoms with E-state index in [0.717, 1.165) is 5.75 Å². The predicted octanol–water partition coefficient (Wildman–Crippen LogP) is 1.51. The van der Waals surface area contributed by atoms with Crippen LogP contribution < -0.4 is 0 Å². The zero-order chi connectivity index (χ0) is 6.41. The van der Waals surface area contributed by atoms with Crippen LogP contribution in [0.2, 0.25) is 0 Å². The summed E-state index contributed by atoms with van der Waals surface area (Å²) in [6, 6.07) is 0. The van der Waals surface area contributed by atoms with E-state index in [1.807, 2.05) is 11.8 Å². The van der Waals surface area contributed by atoms with Gasteiger partial charge in [0, 0.05) is 11.0 Å². The van der Waals surface area contributed by atoms with Crippen molar-refractivity contribution in [2.45, 2.75) is 25.5 Å². The summed E-state index contributed by atoms with van der Waals surface area (Å²) in [5, 5.41) is 9.10. The molecule has 1 nitrogen and oxygen atoms in total. The van der Waals surface area contributed by atoms with E-state index < -0.39 is 0 Å². The van der Waals surface area contributed by atoms with Crippen molar-refractivity contribution in [1.82, 2.24) is 0 Å². The minimum Gasteiger partial charge on any atom is -0.396 e. The highest BCUT2D eigenvalue weighted by molar-refractivity contribution is 7.99. The standard InChI is InChI=1S/C6H14OS/c1-3-6(2)8-5-4-7/h6-7H,3-5H2,1-2H3. The fraction of sp³-hybridized carbons (Fsp3) is 1.00. The zero-order valence-corrected chi connectivity index (χ0v) is 6.37. The molecule has 0 aromatic heterocycles. The topological polar surface area (TPSA) is 20.2 Å². The predicted molar refractivity (Wildman–Crippen MR) is 39.3 cm³/mol. The second-order valence-electron chi connectivity index (χ2n) is 1.81. The van der Waals surface area contributed by atoms with Crippen LogP contribution in [-0.4, -0.2) is 22.7 Å². The van der Waals surface area contributed by atoms with Gasteiger partial charge in [-0.15, -0.1) is 0 Å². The zero-order valence-electron chi connectivity index (χ0n) is 5.55. The normalized spacial score (nSPS) is 13.9. The molecule has 0 saturated carbocycles. The summed E-state index contributed by atoms with van der Waals surface area (Å²) in [5.74, 6) is 0.884. The van der Waals surface area contributed by atoms with Gasteiger partial charge in [0.05, 0.1) is 6.61 Å². The van der Waals surface area contributed by atoms with Crippen LogP contribution in [0.1, 0.15) is 20.3 Å². The first-order valence-electron chi connectivity index (χ1n) is 3.03. The summed E-state index contributed by atoms with van der Waals surface area (Å²) in [6.45, 7) is 4.66. The van der Waals surface area contributed by atoms with Crippen LogP contribution >= 0.6 is 11.8 Å². The van der Waals surface area contributed by atoms with E-state index in [9.17, 15) is 0 Å². The molecule has 0 saturated heterocycles. The summed E-state index contributed by atoms with van der Waals surface area (Å²) in [5.41, 5.74) is 0. The molecular weight excluding hydrogens is 120 g/mol. The molecule has 0 aliphatic heterocycles. The Kier molecular flexibility index (Phi) is 5.66. The van der Waals surface area contributed by atoms with Crippen LogP contribution in [0, 0.1) is 0 Å². The van der Waals surface area contributed by atoms with E-state index in [0.29, 0.717) is 11.9 Å². The number of thioether (sulfide) groups is 1. The van der Waals surface area contributed by atoms with Crippen molar-refractivity contribution in [3.05, 3.63) is 0 Å². The fourth-order valence-electron chi connectivity index (χ4n) is 0.372. The smallest absolute Gasteiger partial charge is 0.0521 e. The van der Waals surface area contributed by atoms with Crippen molar-refractivity contribution in [2.24, 2.45) is 0 Å². The second-order valence-corrected chi connectivity index (χ2v) is 3.36. The van der Waals surface area contributed by atoms with Gasteiger partial charge in [-0.1, -0.05) is 13.8 Å². The Morgan fingerprint density at radius 1 is 1.62 bits per heavy atom. The molecule has 2 heteroatoms. The molecule has 0 aliphatic rings. The van der Waals surface area contributed by atoms with Gasteiger partial charge in [-0.25, -0.2) is 0 Å². The number of hydrogen-bond acceptors (Lipinski definition) is 2. The van der Waals surface area contributed by atoms with Crippen LogP contribution in [0.5, 0.6) is 0 Å². The van der Waals surface area contributed by atoms with Gasteiger partial charge in [-0.05, 0) is 6.42 Å². The molecule has 0 rings (SSSR count). The first kappa shape index (κ1) is 8.31. The summed E-state index contributed by atoms with van der Waals surface area (Å²) < 4.78 is 0. The lowest BCUT2D eigenvalue weighted by Crippen LogP contribution is -1.96. The molecule has 0 radical (unpaired) electrons. The Balaban J connectivity index is 2.86. The number of aliphatic hydroxyl groups excluding tert-OH is 1. The van der Waals surface area contributed by atoms with Crippen molar-refractivity contribution < 1.29 is 5.11 Å². The lowest BCUT2D eigenvalue weighted by Gasteiger charge is -2.04. The molecule has 1 unspecified atom stereocenters. The Labute approximate surface area is 55.5 Å². The summed E-state index contributed by atoms with van der Waals surface area (Å²) in [7, 11) is 0. The maximum Gasteiger partial charge on any atom is 0.0521 e. The second kappa shape index (κ2) is 5.45. The average Bonchev–Trinajstić information content (AvgIpc) is 1.83. The van der Waals surface area contributed by atoms with Gasteiger partial charge < -0.3 is 5.11 Å². The molecule has 0 heterocycles.